The van der Waals surface area contributed by atoms with Gasteiger partial charge in [-0.15, -0.1) is 0 Å². The first-order valence-corrected chi connectivity index (χ1v) is 12.3. The van der Waals surface area contributed by atoms with Crippen molar-refractivity contribution in [2.75, 3.05) is 23.3 Å². The summed E-state index contributed by atoms with van der Waals surface area (Å²) in [4.78, 5) is 17.2. The minimum atomic E-state index is -0.367. The van der Waals surface area contributed by atoms with Crippen LogP contribution in [0.3, 0.4) is 0 Å². The van der Waals surface area contributed by atoms with Crippen LogP contribution in [0.4, 0.5) is 21.8 Å². The van der Waals surface area contributed by atoms with Gasteiger partial charge < -0.3 is 20.0 Å². The van der Waals surface area contributed by atoms with Gasteiger partial charge in [-0.1, -0.05) is 25.0 Å². The van der Waals surface area contributed by atoms with Crippen LogP contribution in [0.1, 0.15) is 38.5 Å². The molecule has 2 fully saturated rings. The molecule has 8 nitrogen and oxygen atoms in total. The molecule has 3 atom stereocenters. The van der Waals surface area contributed by atoms with Gasteiger partial charge >= 0.3 is 0 Å². The van der Waals surface area contributed by atoms with E-state index >= 15 is 0 Å². The number of piperidine rings is 1. The van der Waals surface area contributed by atoms with Crippen molar-refractivity contribution in [1.29, 1.82) is 0 Å². The summed E-state index contributed by atoms with van der Waals surface area (Å²) in [6.45, 7) is 1.80. The van der Waals surface area contributed by atoms with Gasteiger partial charge in [0.2, 0.25) is 0 Å². The second-order valence-corrected chi connectivity index (χ2v) is 9.38. The van der Waals surface area contributed by atoms with Gasteiger partial charge in [0.05, 0.1) is 16.7 Å². The molecule has 0 bridgehead atoms. The lowest BCUT2D eigenvalue weighted by molar-refractivity contribution is -0.384. The summed E-state index contributed by atoms with van der Waals surface area (Å²) in [7, 11) is 0. The van der Waals surface area contributed by atoms with E-state index < -0.39 is 0 Å². The first-order chi connectivity index (χ1) is 17.1. The minimum Gasteiger partial charge on any atom is -0.423 e. The first-order valence-electron chi connectivity index (χ1n) is 12.3. The summed E-state index contributed by atoms with van der Waals surface area (Å²) in [6, 6.07) is 14.5. The van der Waals surface area contributed by atoms with E-state index in [2.05, 4.69) is 20.5 Å². The first kappa shape index (κ1) is 23.3. The van der Waals surface area contributed by atoms with E-state index in [1.807, 2.05) is 12.1 Å². The highest BCUT2D eigenvalue weighted by atomic mass is 19.1. The molecule has 1 aliphatic heterocycles. The number of oxazole rings is 1. The van der Waals surface area contributed by atoms with Crippen LogP contribution in [0.15, 0.2) is 59.1 Å². The van der Waals surface area contributed by atoms with Crippen LogP contribution in [0.5, 0.6) is 0 Å². The zero-order chi connectivity index (χ0) is 24.2. The highest BCUT2D eigenvalue weighted by Crippen LogP contribution is 2.29. The zero-order valence-electron chi connectivity index (χ0n) is 19.5. The fourth-order valence-corrected chi connectivity index (χ4v) is 5.22. The summed E-state index contributed by atoms with van der Waals surface area (Å²) in [5.74, 6) is 0.0826. The van der Waals surface area contributed by atoms with Crippen molar-refractivity contribution in [3.05, 3.63) is 70.7 Å². The Morgan fingerprint density at radius 1 is 1.03 bits per heavy atom. The molecule has 1 saturated carbocycles. The Balaban J connectivity index is 1.22. The summed E-state index contributed by atoms with van der Waals surface area (Å²) < 4.78 is 20.0. The molecule has 0 radical (unpaired) electrons. The van der Waals surface area contributed by atoms with Crippen LogP contribution in [0.2, 0.25) is 0 Å². The maximum atomic E-state index is 14.1. The zero-order valence-corrected chi connectivity index (χ0v) is 19.5. The molecular weight excluding hydrogens is 449 g/mol. The number of hydrogen-bond acceptors (Lipinski definition) is 7. The SMILES string of the molecule is O=[N+]([O-])c1ccc(N2CCC[C@H](N[C@@H]3CCCC[C@H]3Nc3ncc(-c4ccccc4F)o3)C2)cc1. The number of anilines is 2. The Bertz CT molecular complexity index is 1150. The van der Waals surface area contributed by atoms with E-state index in [1.54, 1.807) is 36.5 Å². The minimum absolute atomic E-state index is 0.112. The average Bonchev–Trinajstić information content (AvgIpc) is 3.34. The summed E-state index contributed by atoms with van der Waals surface area (Å²) >= 11 is 0. The molecule has 0 amide bonds. The quantitative estimate of drug-likeness (QED) is 0.347. The van der Waals surface area contributed by atoms with E-state index in [0.29, 0.717) is 23.4 Å². The molecule has 1 aromatic heterocycles. The van der Waals surface area contributed by atoms with Crippen LogP contribution in [-0.2, 0) is 0 Å². The van der Waals surface area contributed by atoms with Crippen LogP contribution in [-0.4, -0.2) is 41.1 Å². The number of hydrogen-bond donors (Lipinski definition) is 2. The standard InChI is InChI=1S/C26H30FN5O3/c27-22-8-2-1-7-21(22)25-16-28-26(35-25)30-24-10-4-3-9-23(24)29-18-6-5-15-31(17-18)19-11-13-20(14-12-19)32(33)34/h1-2,7-8,11-14,16,18,23-24,29H,3-6,9-10,15,17H2,(H,28,30)/t18-,23+,24+/m0/s1. The maximum Gasteiger partial charge on any atom is 0.295 e. The van der Waals surface area contributed by atoms with Gasteiger partial charge in [-0.2, -0.15) is 0 Å². The summed E-state index contributed by atoms with van der Waals surface area (Å²) in [5, 5.41) is 18.3. The number of non-ortho nitro benzene ring substituents is 1. The Hall–Kier alpha value is -3.46. The number of nitro groups is 1. The van der Waals surface area contributed by atoms with Gasteiger partial charge in [0.15, 0.2) is 5.76 Å². The third-order valence-electron chi connectivity index (χ3n) is 7.02. The molecule has 2 aliphatic rings. The van der Waals surface area contributed by atoms with Crippen LogP contribution in [0, 0.1) is 15.9 Å². The molecular formula is C26H30FN5O3. The molecule has 3 aromatic rings. The number of nitrogens with zero attached hydrogens (tertiary/aromatic N) is 3. The Kier molecular flexibility index (Phi) is 6.94. The topological polar surface area (TPSA) is 96.5 Å². The maximum absolute atomic E-state index is 14.1. The average molecular weight is 480 g/mol. The van der Waals surface area contributed by atoms with Crippen molar-refractivity contribution in [2.45, 2.75) is 56.7 Å². The summed E-state index contributed by atoms with van der Waals surface area (Å²) in [6.07, 6.45) is 8.08. The molecule has 2 aromatic carbocycles. The highest BCUT2D eigenvalue weighted by molar-refractivity contribution is 5.58. The van der Waals surface area contributed by atoms with Crippen molar-refractivity contribution < 1.29 is 13.7 Å². The second kappa shape index (κ2) is 10.4. The van der Waals surface area contributed by atoms with Crippen LogP contribution >= 0.6 is 0 Å². The number of benzene rings is 2. The lowest BCUT2D eigenvalue weighted by atomic mass is 9.89. The second-order valence-electron chi connectivity index (χ2n) is 9.38. The van der Waals surface area contributed by atoms with E-state index in [9.17, 15) is 14.5 Å². The molecule has 9 heteroatoms. The number of aromatic nitrogens is 1. The van der Waals surface area contributed by atoms with Gasteiger partial charge in [0.25, 0.3) is 11.7 Å². The van der Waals surface area contributed by atoms with E-state index in [-0.39, 0.29) is 28.5 Å². The molecule has 2 heterocycles. The van der Waals surface area contributed by atoms with Crippen molar-refractivity contribution in [1.82, 2.24) is 10.3 Å². The van der Waals surface area contributed by atoms with Gasteiger partial charge in [0, 0.05) is 49.0 Å². The molecule has 184 valence electrons. The molecule has 35 heavy (non-hydrogen) atoms. The number of nitrogens with one attached hydrogen (secondary N) is 2. The predicted molar refractivity (Wildman–Crippen MR) is 133 cm³/mol. The smallest absolute Gasteiger partial charge is 0.295 e. The fourth-order valence-electron chi connectivity index (χ4n) is 5.22. The van der Waals surface area contributed by atoms with Gasteiger partial charge in [-0.25, -0.2) is 9.37 Å². The third-order valence-corrected chi connectivity index (χ3v) is 7.02. The van der Waals surface area contributed by atoms with Crippen molar-refractivity contribution in [2.24, 2.45) is 0 Å². The number of halogens is 1. The molecule has 5 rings (SSSR count). The number of rotatable bonds is 7. The van der Waals surface area contributed by atoms with Crippen molar-refractivity contribution in [3.63, 3.8) is 0 Å². The number of nitro benzene ring substituents is 1. The van der Waals surface area contributed by atoms with Crippen LogP contribution < -0.4 is 15.5 Å². The Morgan fingerprint density at radius 2 is 1.80 bits per heavy atom. The van der Waals surface area contributed by atoms with Crippen molar-refractivity contribution >= 4 is 17.4 Å². The largest absolute Gasteiger partial charge is 0.423 e. The van der Waals surface area contributed by atoms with E-state index in [1.165, 1.54) is 12.5 Å². The van der Waals surface area contributed by atoms with Gasteiger partial charge in [-0.3, -0.25) is 10.1 Å². The molecule has 0 spiro atoms. The van der Waals surface area contributed by atoms with Crippen molar-refractivity contribution in [3.8, 4) is 11.3 Å². The Morgan fingerprint density at radius 3 is 2.57 bits per heavy atom. The van der Waals surface area contributed by atoms with E-state index in [0.717, 1.165) is 50.9 Å². The van der Waals surface area contributed by atoms with Crippen LogP contribution in [0.25, 0.3) is 11.3 Å². The molecule has 1 aliphatic carbocycles. The van der Waals surface area contributed by atoms with Gasteiger partial charge in [0.1, 0.15) is 5.82 Å². The lowest BCUT2D eigenvalue weighted by Gasteiger charge is -2.40. The Labute approximate surface area is 203 Å². The normalized spacial score (nSPS) is 22.7. The fraction of sp³-hybridized carbons (Fsp3) is 0.423. The lowest BCUT2D eigenvalue weighted by Crippen LogP contribution is -2.54. The van der Waals surface area contributed by atoms with Gasteiger partial charge in [-0.05, 0) is 49.9 Å². The monoisotopic (exact) mass is 479 g/mol. The molecule has 2 N–H and O–H groups in total. The molecule has 0 unspecified atom stereocenters. The third kappa shape index (κ3) is 5.45. The van der Waals surface area contributed by atoms with E-state index in [4.69, 9.17) is 4.42 Å². The highest BCUT2D eigenvalue weighted by Gasteiger charge is 2.30. The molecule has 1 saturated heterocycles. The predicted octanol–water partition coefficient (Wildman–Crippen LogP) is 5.37. The summed E-state index contributed by atoms with van der Waals surface area (Å²) in [5.41, 5.74) is 1.53.